The van der Waals surface area contributed by atoms with Crippen LogP contribution < -0.4 is 15.0 Å². The molecule has 4 atom stereocenters. The molecule has 0 bridgehead atoms. The highest BCUT2D eigenvalue weighted by atomic mass is 19.1. The third-order valence-corrected chi connectivity index (χ3v) is 10.6. The van der Waals surface area contributed by atoms with E-state index in [1.54, 1.807) is 41.3 Å². The molecule has 1 N–H and O–H groups in total. The minimum absolute atomic E-state index is 0.00622. The molecule has 9 nitrogen and oxygen atoms in total. The fourth-order valence-electron chi connectivity index (χ4n) is 7.71. The molecule has 13 heteroatoms. The fourth-order valence-corrected chi connectivity index (χ4v) is 7.71. The number of nitrogens with one attached hydrogen (secondary N) is 1. The number of alkyl halides is 2. The lowest BCUT2D eigenvalue weighted by Crippen LogP contribution is -2.37. The SMILES string of the molecule is C#Cc1c(F)ccc2cccc(-c3ncc4c(N(C)[C@@H]5CCN(C(=O)/C=C/CN6CC[C@@H](F)C6)C5)nc(OC[C@@H]5CCCNCC(F)C5)nc4c3F)c12. The Labute approximate surface area is 306 Å². The van der Waals surface area contributed by atoms with Gasteiger partial charge in [-0.25, -0.2) is 17.6 Å². The lowest BCUT2D eigenvalue weighted by molar-refractivity contribution is -0.125. The van der Waals surface area contributed by atoms with E-state index in [-0.39, 0.29) is 53.8 Å². The summed E-state index contributed by atoms with van der Waals surface area (Å²) in [5.41, 5.74) is 0.215. The Balaban J connectivity index is 1.21. The summed E-state index contributed by atoms with van der Waals surface area (Å²) in [5.74, 6) is 1.21. The van der Waals surface area contributed by atoms with E-state index >= 15 is 4.39 Å². The molecule has 1 unspecified atom stereocenters. The van der Waals surface area contributed by atoms with Crippen LogP contribution in [0.2, 0.25) is 0 Å². The topological polar surface area (TPSA) is 86.7 Å². The summed E-state index contributed by atoms with van der Waals surface area (Å²) in [7, 11) is 1.83. The average molecular weight is 730 g/mol. The van der Waals surface area contributed by atoms with Crippen molar-refractivity contribution < 1.29 is 27.1 Å². The lowest BCUT2D eigenvalue weighted by Gasteiger charge is -2.27. The van der Waals surface area contributed by atoms with Crippen LogP contribution in [-0.2, 0) is 4.79 Å². The Morgan fingerprint density at radius 1 is 1.11 bits per heavy atom. The number of hydrogen-bond acceptors (Lipinski definition) is 8. The molecule has 0 radical (unpaired) electrons. The van der Waals surface area contributed by atoms with Crippen molar-refractivity contribution in [2.24, 2.45) is 5.92 Å². The largest absolute Gasteiger partial charge is 0.463 e. The number of fused-ring (bicyclic) bond motifs is 2. The van der Waals surface area contributed by atoms with Crippen LogP contribution in [0.1, 0.15) is 37.7 Å². The van der Waals surface area contributed by atoms with Crippen molar-refractivity contribution in [3.05, 3.63) is 65.9 Å². The van der Waals surface area contributed by atoms with Crippen LogP contribution in [0.3, 0.4) is 0 Å². The van der Waals surface area contributed by atoms with Crippen LogP contribution in [0.5, 0.6) is 6.01 Å². The van der Waals surface area contributed by atoms with Crippen molar-refractivity contribution in [3.8, 4) is 29.6 Å². The molecule has 3 saturated heterocycles. The average Bonchev–Trinajstić information content (AvgIpc) is 3.81. The van der Waals surface area contributed by atoms with Gasteiger partial charge in [0, 0.05) is 75.6 Å². The van der Waals surface area contributed by atoms with Crippen molar-refractivity contribution in [1.82, 2.24) is 30.1 Å². The van der Waals surface area contributed by atoms with E-state index in [1.165, 1.54) is 12.3 Å². The van der Waals surface area contributed by atoms with Crippen LogP contribution in [0.15, 0.2) is 48.7 Å². The van der Waals surface area contributed by atoms with Crippen LogP contribution in [-0.4, -0.2) is 109 Å². The minimum atomic E-state index is -1.02. The number of carbonyl (C=O) groups excluding carboxylic acids is 1. The van der Waals surface area contributed by atoms with Crippen LogP contribution in [0.25, 0.3) is 32.9 Å². The second-order valence-corrected chi connectivity index (χ2v) is 14.2. The Bertz CT molecular complexity index is 2060. The number of nitrogens with zero attached hydrogens (tertiary/aromatic N) is 6. The molecule has 3 aliphatic rings. The quantitative estimate of drug-likeness (QED) is 0.131. The van der Waals surface area contributed by atoms with E-state index in [2.05, 4.69) is 21.2 Å². The highest BCUT2D eigenvalue weighted by Crippen LogP contribution is 2.37. The predicted octanol–water partition coefficient (Wildman–Crippen LogP) is 5.85. The summed E-state index contributed by atoms with van der Waals surface area (Å²) in [5, 5.41) is 4.43. The number of amides is 1. The Morgan fingerprint density at radius 3 is 2.79 bits per heavy atom. The van der Waals surface area contributed by atoms with E-state index in [0.717, 1.165) is 12.8 Å². The smallest absolute Gasteiger partial charge is 0.319 e. The number of anilines is 1. The number of pyridine rings is 1. The summed E-state index contributed by atoms with van der Waals surface area (Å²) in [6.45, 7) is 3.63. The molecule has 0 saturated carbocycles. The first-order valence-electron chi connectivity index (χ1n) is 18.3. The van der Waals surface area contributed by atoms with E-state index < -0.39 is 24.0 Å². The summed E-state index contributed by atoms with van der Waals surface area (Å²) in [6, 6.07) is 7.78. The van der Waals surface area contributed by atoms with Gasteiger partial charge in [0.25, 0.3) is 0 Å². The summed E-state index contributed by atoms with van der Waals surface area (Å²) >= 11 is 0. The highest BCUT2D eigenvalue weighted by Gasteiger charge is 2.31. The summed E-state index contributed by atoms with van der Waals surface area (Å²) < 4.78 is 66.0. The Kier molecular flexibility index (Phi) is 11.1. The molecule has 4 aromatic rings. The molecular formula is C40H43F4N7O2. The van der Waals surface area contributed by atoms with Crippen LogP contribution in [0, 0.1) is 29.9 Å². The van der Waals surface area contributed by atoms with Crippen molar-refractivity contribution in [1.29, 1.82) is 0 Å². The molecule has 1 amide bonds. The molecule has 0 aliphatic carbocycles. The molecule has 0 spiro atoms. The monoisotopic (exact) mass is 729 g/mol. The van der Waals surface area contributed by atoms with Crippen molar-refractivity contribution in [2.75, 3.05) is 64.4 Å². The van der Waals surface area contributed by atoms with E-state index in [4.69, 9.17) is 16.1 Å². The van der Waals surface area contributed by atoms with Crippen molar-refractivity contribution in [3.63, 3.8) is 0 Å². The highest BCUT2D eigenvalue weighted by molar-refractivity contribution is 6.02. The number of terminal acetylenes is 1. The predicted molar refractivity (Wildman–Crippen MR) is 197 cm³/mol. The molecule has 7 rings (SSSR count). The van der Waals surface area contributed by atoms with Crippen LogP contribution >= 0.6 is 0 Å². The summed E-state index contributed by atoms with van der Waals surface area (Å²) in [6.07, 6.45) is 11.8. The van der Waals surface area contributed by atoms with Gasteiger partial charge in [0.05, 0.1) is 17.6 Å². The Hall–Kier alpha value is -4.80. The van der Waals surface area contributed by atoms with Crippen molar-refractivity contribution in [2.45, 2.75) is 50.5 Å². The van der Waals surface area contributed by atoms with Gasteiger partial charge < -0.3 is 19.9 Å². The zero-order valence-electron chi connectivity index (χ0n) is 29.7. The number of rotatable bonds is 9. The van der Waals surface area contributed by atoms with E-state index in [1.807, 2.05) is 16.8 Å². The Morgan fingerprint density at radius 2 is 1.98 bits per heavy atom. The van der Waals surface area contributed by atoms with Crippen molar-refractivity contribution >= 4 is 33.4 Å². The molecule has 5 heterocycles. The molecule has 2 aromatic heterocycles. The number of likely N-dealkylation sites (tertiary alicyclic amines) is 2. The van der Waals surface area contributed by atoms with Gasteiger partial charge in [-0.3, -0.25) is 14.7 Å². The van der Waals surface area contributed by atoms with Gasteiger partial charge >= 0.3 is 6.01 Å². The zero-order valence-corrected chi connectivity index (χ0v) is 29.7. The second kappa shape index (κ2) is 16.1. The number of hydrogen-bond donors (Lipinski definition) is 1. The standard InChI is InChI=1S/C40H43F4N7O2/c1-3-30-33(43)12-11-26-8-4-9-31(35(26)30)37-36(44)38-32(21-46-37)39(48-40(47-38)53-24-25-7-5-15-45-20-28(42)19-25)49(2)29-14-18-51(23-29)34(52)10-6-16-50-17-13-27(41)22-50/h1,4,6,8-12,21,25,27-29,45H,5,7,13-20,22-24H2,2H3/b10-6+/t25-,27-,28?,29-/m1/s1. The van der Waals surface area contributed by atoms with Gasteiger partial charge in [0.15, 0.2) is 5.82 Å². The van der Waals surface area contributed by atoms with Gasteiger partial charge in [0.1, 0.15) is 35.2 Å². The van der Waals surface area contributed by atoms with Gasteiger partial charge in [-0.15, -0.1) is 6.42 Å². The maximum absolute atomic E-state index is 16.9. The second-order valence-electron chi connectivity index (χ2n) is 14.2. The molecular weight excluding hydrogens is 686 g/mol. The van der Waals surface area contributed by atoms with Gasteiger partial charge in [-0.1, -0.05) is 36.3 Å². The normalized spacial score (nSPS) is 22.7. The first-order chi connectivity index (χ1) is 25.7. The summed E-state index contributed by atoms with van der Waals surface area (Å²) in [4.78, 5) is 32.5. The fraction of sp³-hybridized carbons (Fsp3) is 0.450. The number of aromatic nitrogens is 3. The zero-order chi connectivity index (χ0) is 37.1. The minimum Gasteiger partial charge on any atom is -0.463 e. The maximum atomic E-state index is 16.9. The van der Waals surface area contributed by atoms with Crippen LogP contribution in [0.4, 0.5) is 23.4 Å². The third kappa shape index (κ3) is 7.94. The first kappa shape index (κ1) is 36.6. The molecule has 3 fully saturated rings. The first-order valence-corrected chi connectivity index (χ1v) is 18.3. The number of likely N-dealkylation sites (N-methyl/N-ethyl adjacent to an activating group) is 1. The lowest BCUT2D eigenvalue weighted by atomic mass is 9.96. The van der Waals surface area contributed by atoms with Gasteiger partial charge in [-0.2, -0.15) is 9.97 Å². The number of carbonyl (C=O) groups is 1. The van der Waals surface area contributed by atoms with E-state index in [0.29, 0.717) is 86.1 Å². The van der Waals surface area contributed by atoms with E-state index in [9.17, 15) is 18.0 Å². The molecule has 53 heavy (non-hydrogen) atoms. The molecule has 3 aliphatic heterocycles. The van der Waals surface area contributed by atoms with Gasteiger partial charge in [-0.05, 0) is 56.0 Å². The number of ether oxygens (including phenoxy) is 1. The third-order valence-electron chi connectivity index (χ3n) is 10.6. The van der Waals surface area contributed by atoms with Gasteiger partial charge in [0.2, 0.25) is 5.91 Å². The molecule has 278 valence electrons. The number of halogens is 4. The molecule has 2 aromatic carbocycles. The maximum Gasteiger partial charge on any atom is 0.319 e. The number of benzene rings is 2.